The second kappa shape index (κ2) is 2.49. The van der Waals surface area contributed by atoms with Crippen molar-refractivity contribution in [3.8, 4) is 0 Å². The minimum Gasteiger partial charge on any atom is -0.167 e. The molecule has 7 heteroatoms. The van der Waals surface area contributed by atoms with E-state index in [0.717, 1.165) is 0 Å². The molecule has 1 aliphatic rings. The topological polar surface area (TPSA) is 52.6 Å². The van der Waals surface area contributed by atoms with E-state index in [2.05, 4.69) is 7.26 Å². The van der Waals surface area contributed by atoms with Crippen LogP contribution in [0.2, 0.25) is 0 Å². The standard InChI is InChI=1S/Au.O4S2/c;1-6(2)3-5-4-6. The molecule has 0 atom stereocenters. The molecule has 0 saturated carbocycles. The van der Waals surface area contributed by atoms with Gasteiger partial charge >= 0.3 is 10.4 Å². The monoisotopic (exact) mass is 325 g/mol. The van der Waals surface area contributed by atoms with E-state index in [1.807, 2.05) is 0 Å². The molecular formula is AuO4S2. The first-order valence-electron chi connectivity index (χ1n) is 1.00. The second-order valence-electron chi connectivity index (χ2n) is 0.612. The van der Waals surface area contributed by atoms with Crippen molar-refractivity contribution in [2.24, 2.45) is 0 Å². The molecule has 0 N–H and O–H groups in total. The van der Waals surface area contributed by atoms with Gasteiger partial charge in [0.2, 0.25) is 0 Å². The van der Waals surface area contributed by atoms with Crippen molar-refractivity contribution in [1.29, 1.82) is 0 Å². The summed E-state index contributed by atoms with van der Waals surface area (Å²) in [6.45, 7) is 0. The van der Waals surface area contributed by atoms with Gasteiger partial charge in [0.25, 0.3) is 0 Å². The summed E-state index contributed by atoms with van der Waals surface area (Å²) in [4.78, 5) is 0. The third-order valence-electron chi connectivity index (χ3n) is 0.222. The molecule has 4 nitrogen and oxygen atoms in total. The van der Waals surface area contributed by atoms with Crippen molar-refractivity contribution >= 4 is 22.7 Å². The van der Waals surface area contributed by atoms with Crippen LogP contribution in [0.4, 0.5) is 0 Å². The zero-order chi connectivity index (χ0) is 4.62. The van der Waals surface area contributed by atoms with Gasteiger partial charge in [-0.2, -0.15) is 8.42 Å². The van der Waals surface area contributed by atoms with E-state index in [1.54, 1.807) is 0 Å². The quantitative estimate of drug-likeness (QED) is 0.458. The molecule has 0 bridgehead atoms. The fraction of sp³-hybridized carbons (Fsp3) is 0. The summed E-state index contributed by atoms with van der Waals surface area (Å²) in [5, 5.41) is 0. The Labute approximate surface area is 60.8 Å². The summed E-state index contributed by atoms with van der Waals surface area (Å²) in [6, 6.07) is 0. The molecule has 0 aromatic rings. The number of hydrogen-bond donors (Lipinski definition) is 0. The zero-order valence-corrected chi connectivity index (χ0v) is 6.55. The van der Waals surface area contributed by atoms with Crippen LogP contribution < -0.4 is 0 Å². The molecule has 0 amide bonds. The zero-order valence-electron chi connectivity index (χ0n) is 2.75. The fourth-order valence-corrected chi connectivity index (χ4v) is 0.658. The minimum atomic E-state index is -3.52. The molecule has 0 aromatic carbocycles. The maximum atomic E-state index is 9.62. The maximum Gasteiger partial charge on any atom is 0.425 e. The van der Waals surface area contributed by atoms with Gasteiger partial charge in [0, 0.05) is 22.4 Å². The predicted molar refractivity (Wildman–Crippen MR) is 18.7 cm³/mol. The SMILES string of the molecule is O=S1(=O)OSO1.[Au]. The average molecular weight is 325 g/mol. The normalized spacial score (nSPS) is 24.6. The van der Waals surface area contributed by atoms with Crippen molar-refractivity contribution in [3.63, 3.8) is 0 Å². The van der Waals surface area contributed by atoms with Crippen molar-refractivity contribution in [2.45, 2.75) is 0 Å². The van der Waals surface area contributed by atoms with Gasteiger partial charge in [-0.05, 0) is 0 Å². The molecular weight excluding hydrogens is 325 g/mol. The van der Waals surface area contributed by atoms with Crippen LogP contribution in [-0.2, 0) is 40.0 Å². The van der Waals surface area contributed by atoms with E-state index >= 15 is 0 Å². The average Bonchev–Trinajstić information content (AvgIpc) is 1.32. The molecule has 47 valence electrons. The van der Waals surface area contributed by atoms with Crippen molar-refractivity contribution in [1.82, 2.24) is 0 Å². The third-order valence-corrected chi connectivity index (χ3v) is 2.00. The van der Waals surface area contributed by atoms with E-state index in [-0.39, 0.29) is 22.4 Å². The summed E-state index contributed by atoms with van der Waals surface area (Å²) in [5.41, 5.74) is 0. The number of hydrogen-bond acceptors (Lipinski definition) is 5. The van der Waals surface area contributed by atoms with Gasteiger partial charge in [-0.25, -0.2) is 0 Å². The van der Waals surface area contributed by atoms with Crippen molar-refractivity contribution < 1.29 is 38.1 Å². The van der Waals surface area contributed by atoms with Crippen LogP contribution in [0.15, 0.2) is 0 Å². The molecule has 1 saturated heterocycles. The van der Waals surface area contributed by atoms with Gasteiger partial charge in [-0.3, -0.25) is 0 Å². The smallest absolute Gasteiger partial charge is 0.167 e. The van der Waals surface area contributed by atoms with Crippen molar-refractivity contribution in [2.75, 3.05) is 0 Å². The predicted octanol–water partition coefficient (Wildman–Crippen LogP) is -0.161. The molecule has 7 heavy (non-hydrogen) atoms. The van der Waals surface area contributed by atoms with Crippen LogP contribution in [0.1, 0.15) is 0 Å². The molecule has 0 unspecified atom stereocenters. The fourth-order valence-electron chi connectivity index (χ4n) is 0.0731. The van der Waals surface area contributed by atoms with Gasteiger partial charge in [0.05, 0.1) is 0 Å². The Balaban J connectivity index is 0.000000360. The maximum absolute atomic E-state index is 9.62. The second-order valence-corrected chi connectivity index (χ2v) is 2.65. The summed E-state index contributed by atoms with van der Waals surface area (Å²) in [5.74, 6) is 0. The first-order chi connectivity index (χ1) is 2.71. The van der Waals surface area contributed by atoms with Crippen LogP contribution in [0.5, 0.6) is 0 Å². The molecule has 1 fully saturated rings. The Bertz CT molecular complexity index is 124. The molecule has 1 rings (SSSR count). The van der Waals surface area contributed by atoms with Crippen LogP contribution >= 0.6 is 12.3 Å². The largest absolute Gasteiger partial charge is 0.425 e. The van der Waals surface area contributed by atoms with Gasteiger partial charge in [0.1, 0.15) is 0 Å². The van der Waals surface area contributed by atoms with Crippen LogP contribution in [0.25, 0.3) is 0 Å². The van der Waals surface area contributed by atoms with E-state index < -0.39 is 10.4 Å². The Kier molecular flexibility index (Phi) is 2.83. The third kappa shape index (κ3) is 2.13. The first kappa shape index (κ1) is 7.96. The van der Waals surface area contributed by atoms with E-state index in [4.69, 9.17) is 0 Å². The van der Waals surface area contributed by atoms with E-state index in [9.17, 15) is 8.42 Å². The van der Waals surface area contributed by atoms with Gasteiger partial charge < -0.3 is 0 Å². The van der Waals surface area contributed by atoms with Crippen molar-refractivity contribution in [3.05, 3.63) is 0 Å². The van der Waals surface area contributed by atoms with Gasteiger partial charge in [0.15, 0.2) is 12.3 Å². The first-order valence-corrected chi connectivity index (χ1v) is 3.00. The minimum absolute atomic E-state index is 0. The van der Waals surface area contributed by atoms with E-state index in [1.165, 1.54) is 0 Å². The van der Waals surface area contributed by atoms with Gasteiger partial charge in [-0.15, -0.1) is 7.26 Å². The number of rotatable bonds is 0. The summed E-state index contributed by atoms with van der Waals surface area (Å²) in [6.07, 6.45) is 0. The summed E-state index contributed by atoms with van der Waals surface area (Å²) in [7, 11) is -3.52. The Morgan fingerprint density at radius 2 is 1.57 bits per heavy atom. The van der Waals surface area contributed by atoms with Crippen LogP contribution in [0.3, 0.4) is 0 Å². The van der Waals surface area contributed by atoms with E-state index in [0.29, 0.717) is 12.3 Å². The molecule has 1 aliphatic heterocycles. The molecule has 1 heterocycles. The van der Waals surface area contributed by atoms with Gasteiger partial charge in [-0.1, -0.05) is 0 Å². The summed E-state index contributed by atoms with van der Waals surface area (Å²) >= 11 is 0.456. The molecule has 1 radical (unpaired) electrons. The Morgan fingerprint density at radius 1 is 1.29 bits per heavy atom. The molecule has 0 spiro atoms. The molecule has 0 aromatic heterocycles. The van der Waals surface area contributed by atoms with Crippen LogP contribution in [0, 0.1) is 0 Å². The Morgan fingerprint density at radius 3 is 1.57 bits per heavy atom. The van der Waals surface area contributed by atoms with Crippen LogP contribution in [-0.4, -0.2) is 8.42 Å². The summed E-state index contributed by atoms with van der Waals surface area (Å²) < 4.78 is 26.8. The molecule has 0 aliphatic carbocycles. The Hall–Kier alpha value is 0.960.